The number of nitrogens with zero attached hydrogens (tertiary/aromatic N) is 1. The van der Waals surface area contributed by atoms with Gasteiger partial charge in [-0.3, -0.25) is 0 Å². The summed E-state index contributed by atoms with van der Waals surface area (Å²) < 4.78 is 2.53. The summed E-state index contributed by atoms with van der Waals surface area (Å²) in [5, 5.41) is 6.53. The average molecular weight is 530 g/mol. The maximum absolute atomic E-state index is 3.88. The smallest absolute Gasteiger partial charge is 0.197 e. The van der Waals surface area contributed by atoms with E-state index in [1.807, 2.05) is 0 Å². The molecule has 0 bridgehead atoms. The van der Waals surface area contributed by atoms with E-state index in [2.05, 4.69) is 135 Å². The highest BCUT2D eigenvalue weighted by molar-refractivity contribution is 6.73. The quantitative estimate of drug-likeness (QED) is 0.175. The van der Waals surface area contributed by atoms with Crippen LogP contribution in [0.3, 0.4) is 0 Å². The Morgan fingerprint density at radius 3 is 2.44 bits per heavy atom. The number of unbranched alkanes of at least 4 members (excludes halogenated alkanes) is 2. The van der Waals surface area contributed by atoms with E-state index in [-0.39, 0.29) is 5.41 Å². The molecule has 0 unspecified atom stereocenters. The minimum atomic E-state index is -0.0922. The lowest BCUT2D eigenvalue weighted by atomic mass is 9.58. The molecule has 2 nitrogen and oxygen atoms in total. The molecule has 41 heavy (non-hydrogen) atoms. The second kappa shape index (κ2) is 9.14. The van der Waals surface area contributed by atoms with Crippen molar-refractivity contribution in [2.45, 2.75) is 51.9 Å². The Labute approximate surface area is 243 Å². The summed E-state index contributed by atoms with van der Waals surface area (Å²) in [5.74, 6) is 0. The van der Waals surface area contributed by atoms with E-state index in [0.717, 1.165) is 6.42 Å². The van der Waals surface area contributed by atoms with Crippen molar-refractivity contribution < 1.29 is 0 Å². The predicted molar refractivity (Wildman–Crippen MR) is 176 cm³/mol. The molecule has 1 aromatic heterocycles. The van der Waals surface area contributed by atoms with Gasteiger partial charge in [0.25, 0.3) is 0 Å². The van der Waals surface area contributed by atoms with Crippen molar-refractivity contribution in [3.8, 4) is 16.8 Å². The van der Waals surface area contributed by atoms with Crippen LogP contribution in [0.2, 0.25) is 0 Å². The number of hydrogen-bond acceptors (Lipinski definition) is 1. The van der Waals surface area contributed by atoms with E-state index in [1.165, 1.54) is 96.9 Å². The van der Waals surface area contributed by atoms with Crippen LogP contribution in [-0.2, 0) is 11.8 Å². The highest BCUT2D eigenvalue weighted by atomic mass is 15.0. The summed E-state index contributed by atoms with van der Waals surface area (Å²) in [6, 6.07) is 36.2. The van der Waals surface area contributed by atoms with Gasteiger partial charge in [0.2, 0.25) is 0 Å². The standard InChI is InChI=1S/C38H34BN2/c1-4-5-6-13-24-22-28(26-15-11-18-30-36(26)40-32-20-9-8-17-29(32)38(30,2)3)35-34(23-24)41-33-21-10-7-14-25(33)27-16-12-19-31(39-35)37(27)41/h7-12,14-23,40H,4-6,13H2,1-3H3. The third-order valence-corrected chi connectivity index (χ3v) is 9.44. The lowest BCUT2D eigenvalue weighted by Gasteiger charge is -2.37. The molecule has 1 N–H and O–H groups in total. The Morgan fingerprint density at radius 1 is 0.756 bits per heavy atom. The number of aryl methyl sites for hydroxylation is 1. The highest BCUT2D eigenvalue weighted by Crippen LogP contribution is 2.48. The molecular formula is C38H34BN2. The lowest BCUT2D eigenvalue weighted by Crippen LogP contribution is -2.37. The number of fused-ring (bicyclic) bond motifs is 7. The van der Waals surface area contributed by atoms with Crippen LogP contribution in [0.25, 0.3) is 38.6 Å². The molecule has 0 saturated heterocycles. The Hall–Kier alpha value is -4.24. The molecule has 6 aromatic rings. The van der Waals surface area contributed by atoms with E-state index < -0.39 is 0 Å². The molecule has 1 radical (unpaired) electrons. The van der Waals surface area contributed by atoms with Crippen LogP contribution >= 0.6 is 0 Å². The first-order valence-corrected chi connectivity index (χ1v) is 15.1. The number of aromatic nitrogens is 1. The molecule has 199 valence electrons. The monoisotopic (exact) mass is 529 g/mol. The molecule has 0 amide bonds. The fourth-order valence-corrected chi connectivity index (χ4v) is 7.40. The predicted octanol–water partition coefficient (Wildman–Crippen LogP) is 8.53. The van der Waals surface area contributed by atoms with Crippen LogP contribution in [0.1, 0.15) is 56.7 Å². The summed E-state index contributed by atoms with van der Waals surface area (Å²) in [7, 11) is 2.43. The molecule has 3 heteroatoms. The second-order valence-electron chi connectivity index (χ2n) is 12.3. The number of rotatable bonds is 5. The first-order valence-electron chi connectivity index (χ1n) is 15.1. The number of para-hydroxylation sites is 4. The molecule has 0 atom stereocenters. The molecule has 0 fully saturated rings. The molecule has 8 rings (SSSR count). The lowest BCUT2D eigenvalue weighted by molar-refractivity contribution is 0.638. The maximum Gasteiger partial charge on any atom is 0.197 e. The van der Waals surface area contributed by atoms with E-state index in [0.29, 0.717) is 0 Å². The Bertz CT molecular complexity index is 1990. The van der Waals surface area contributed by atoms with Crippen LogP contribution in [-0.4, -0.2) is 11.8 Å². The normalized spacial score (nSPS) is 14.2. The number of benzene rings is 5. The largest absolute Gasteiger partial charge is 0.355 e. The van der Waals surface area contributed by atoms with Gasteiger partial charge in [-0.1, -0.05) is 118 Å². The zero-order valence-corrected chi connectivity index (χ0v) is 24.1. The van der Waals surface area contributed by atoms with Crippen LogP contribution in [0.15, 0.2) is 97.1 Å². The summed E-state index contributed by atoms with van der Waals surface area (Å²) >= 11 is 0. The van der Waals surface area contributed by atoms with Gasteiger partial charge in [0.1, 0.15) is 0 Å². The van der Waals surface area contributed by atoms with Gasteiger partial charge < -0.3 is 9.88 Å². The van der Waals surface area contributed by atoms with Crippen LogP contribution in [0, 0.1) is 0 Å². The summed E-state index contributed by atoms with van der Waals surface area (Å²) in [5.41, 5.74) is 15.5. The fourth-order valence-electron chi connectivity index (χ4n) is 7.40. The summed E-state index contributed by atoms with van der Waals surface area (Å²) in [6.07, 6.45) is 4.79. The number of hydrogen-bond donors (Lipinski definition) is 1. The van der Waals surface area contributed by atoms with Gasteiger partial charge in [-0.2, -0.15) is 0 Å². The van der Waals surface area contributed by atoms with Crippen LogP contribution in [0.5, 0.6) is 0 Å². The van der Waals surface area contributed by atoms with E-state index in [4.69, 9.17) is 0 Å². The Balaban J connectivity index is 1.42. The maximum atomic E-state index is 3.88. The van der Waals surface area contributed by atoms with Gasteiger partial charge in [0.15, 0.2) is 7.28 Å². The summed E-state index contributed by atoms with van der Waals surface area (Å²) in [4.78, 5) is 0. The van der Waals surface area contributed by atoms with Gasteiger partial charge in [-0.15, -0.1) is 0 Å². The summed E-state index contributed by atoms with van der Waals surface area (Å²) in [6.45, 7) is 7.00. The molecule has 2 aliphatic rings. The third kappa shape index (κ3) is 3.58. The van der Waals surface area contributed by atoms with Gasteiger partial charge in [0.05, 0.1) is 11.2 Å². The first kappa shape index (κ1) is 24.6. The average Bonchev–Trinajstić information content (AvgIpc) is 3.33. The fraction of sp³-hybridized carbons (Fsp3) is 0.211. The van der Waals surface area contributed by atoms with Crippen molar-refractivity contribution in [3.63, 3.8) is 0 Å². The highest BCUT2D eigenvalue weighted by Gasteiger charge is 2.34. The molecule has 5 aromatic carbocycles. The van der Waals surface area contributed by atoms with Crippen molar-refractivity contribution in [1.82, 2.24) is 4.57 Å². The Morgan fingerprint density at radius 2 is 1.54 bits per heavy atom. The SMILES string of the molecule is CCCCCc1cc(-c2cccc3c2Nc2ccccc2C3(C)C)c2c(c1)-n1c3ccccc3c3cccc(c31)[B]2. The second-order valence-corrected chi connectivity index (χ2v) is 12.3. The molecular weight excluding hydrogens is 495 g/mol. The van der Waals surface area contributed by atoms with Gasteiger partial charge in [0, 0.05) is 38.6 Å². The van der Waals surface area contributed by atoms with Crippen LogP contribution in [0.4, 0.5) is 11.4 Å². The molecule has 0 aliphatic carbocycles. The first-order chi connectivity index (χ1) is 20.1. The topological polar surface area (TPSA) is 17.0 Å². The molecule has 3 heterocycles. The van der Waals surface area contributed by atoms with E-state index >= 15 is 0 Å². The van der Waals surface area contributed by atoms with Gasteiger partial charge in [-0.25, -0.2) is 0 Å². The van der Waals surface area contributed by atoms with Crippen molar-refractivity contribution in [2.24, 2.45) is 0 Å². The Kier molecular flexibility index (Phi) is 5.47. The molecule has 0 saturated carbocycles. The minimum absolute atomic E-state index is 0.0922. The van der Waals surface area contributed by atoms with Gasteiger partial charge >= 0.3 is 0 Å². The number of nitrogens with one attached hydrogen (secondary N) is 1. The molecule has 0 spiro atoms. The van der Waals surface area contributed by atoms with Crippen molar-refractivity contribution >= 4 is 51.4 Å². The zero-order valence-electron chi connectivity index (χ0n) is 24.1. The van der Waals surface area contributed by atoms with E-state index in [9.17, 15) is 0 Å². The van der Waals surface area contributed by atoms with Crippen molar-refractivity contribution in [2.75, 3.05) is 5.32 Å². The van der Waals surface area contributed by atoms with E-state index in [1.54, 1.807) is 0 Å². The third-order valence-electron chi connectivity index (χ3n) is 9.44. The zero-order chi connectivity index (χ0) is 27.7. The van der Waals surface area contributed by atoms with Gasteiger partial charge in [-0.05, 0) is 58.8 Å². The minimum Gasteiger partial charge on any atom is -0.355 e. The molecule has 2 aliphatic heterocycles. The van der Waals surface area contributed by atoms with Crippen molar-refractivity contribution in [1.29, 1.82) is 0 Å². The van der Waals surface area contributed by atoms with Crippen LogP contribution < -0.4 is 16.2 Å². The number of anilines is 2. The van der Waals surface area contributed by atoms with Crippen molar-refractivity contribution in [3.05, 3.63) is 114 Å².